The number of hydrogen-bond donors (Lipinski definition) is 1. The second kappa shape index (κ2) is 7.85. The maximum Gasteiger partial charge on any atom is 0.227 e. The van der Waals surface area contributed by atoms with Crippen molar-refractivity contribution in [3.05, 3.63) is 0 Å². The minimum Gasteiger partial charge on any atom is -0.389 e. The van der Waals surface area contributed by atoms with E-state index in [0.717, 1.165) is 71.0 Å². The topological polar surface area (TPSA) is 60.9 Å². The lowest BCUT2D eigenvalue weighted by atomic mass is 9.93. The molecule has 2 aliphatic heterocycles. The molecule has 3 aliphatic rings. The molecule has 0 aromatic carbocycles. The minimum atomic E-state index is -0.793. The van der Waals surface area contributed by atoms with Crippen LogP contribution in [0.5, 0.6) is 0 Å². The molecule has 5 heteroatoms. The Hall–Kier alpha value is -1.10. The first-order chi connectivity index (χ1) is 11.6. The Kier molecular flexibility index (Phi) is 5.80. The highest BCUT2D eigenvalue weighted by molar-refractivity contribution is 5.82. The van der Waals surface area contributed by atoms with Gasteiger partial charge in [0.2, 0.25) is 11.8 Å². The van der Waals surface area contributed by atoms with E-state index in [4.69, 9.17) is 0 Å². The molecule has 0 aromatic rings. The monoisotopic (exact) mass is 336 g/mol. The van der Waals surface area contributed by atoms with E-state index in [9.17, 15) is 14.7 Å². The lowest BCUT2D eigenvalue weighted by Crippen LogP contribution is -2.48. The number of aliphatic hydroxyl groups is 1. The Bertz CT molecular complexity index is 452. The number of nitrogens with zero attached hydrogens (tertiary/aromatic N) is 2. The van der Waals surface area contributed by atoms with Crippen molar-refractivity contribution in [2.45, 2.75) is 76.2 Å². The molecule has 0 bridgehead atoms. The van der Waals surface area contributed by atoms with E-state index in [2.05, 4.69) is 0 Å². The first-order valence-corrected chi connectivity index (χ1v) is 9.86. The number of rotatable bonds is 3. The van der Waals surface area contributed by atoms with Gasteiger partial charge in [0.1, 0.15) is 0 Å². The molecular weight excluding hydrogens is 304 g/mol. The Labute approximate surface area is 145 Å². The highest BCUT2D eigenvalue weighted by atomic mass is 16.3. The van der Waals surface area contributed by atoms with E-state index < -0.39 is 5.60 Å². The molecule has 1 aliphatic carbocycles. The average molecular weight is 336 g/mol. The number of piperidine rings is 1. The van der Waals surface area contributed by atoms with Gasteiger partial charge < -0.3 is 14.9 Å². The lowest BCUT2D eigenvalue weighted by Gasteiger charge is -2.36. The summed E-state index contributed by atoms with van der Waals surface area (Å²) in [5.41, 5.74) is -0.793. The van der Waals surface area contributed by atoms with Crippen molar-refractivity contribution in [3.63, 3.8) is 0 Å². The predicted molar refractivity (Wildman–Crippen MR) is 92.4 cm³/mol. The van der Waals surface area contributed by atoms with Gasteiger partial charge in [0.05, 0.1) is 17.9 Å². The Morgan fingerprint density at radius 1 is 0.875 bits per heavy atom. The van der Waals surface area contributed by atoms with Crippen LogP contribution in [0.4, 0.5) is 0 Å². The molecule has 1 N–H and O–H groups in total. The quantitative estimate of drug-likeness (QED) is 0.860. The third-order valence-electron chi connectivity index (χ3n) is 6.06. The van der Waals surface area contributed by atoms with Crippen LogP contribution in [0.15, 0.2) is 0 Å². The zero-order valence-electron chi connectivity index (χ0n) is 14.8. The highest BCUT2D eigenvalue weighted by Crippen LogP contribution is 2.33. The van der Waals surface area contributed by atoms with E-state index in [-0.39, 0.29) is 24.2 Å². The summed E-state index contributed by atoms with van der Waals surface area (Å²) in [7, 11) is 0. The van der Waals surface area contributed by atoms with Crippen LogP contribution in [0.2, 0.25) is 0 Å². The van der Waals surface area contributed by atoms with Crippen molar-refractivity contribution in [1.82, 2.24) is 9.80 Å². The van der Waals surface area contributed by atoms with Crippen LogP contribution < -0.4 is 0 Å². The fraction of sp³-hybridized carbons (Fsp3) is 0.895. The summed E-state index contributed by atoms with van der Waals surface area (Å²) in [5.74, 6) is 0.237. The van der Waals surface area contributed by atoms with Crippen LogP contribution >= 0.6 is 0 Å². The lowest BCUT2D eigenvalue weighted by molar-refractivity contribution is -0.143. The van der Waals surface area contributed by atoms with E-state index >= 15 is 0 Å². The molecule has 24 heavy (non-hydrogen) atoms. The van der Waals surface area contributed by atoms with Crippen molar-refractivity contribution in [2.24, 2.45) is 5.92 Å². The van der Waals surface area contributed by atoms with Crippen molar-refractivity contribution in [2.75, 3.05) is 26.2 Å². The van der Waals surface area contributed by atoms with Gasteiger partial charge in [-0.1, -0.05) is 25.7 Å². The molecule has 0 spiro atoms. The first-order valence-electron chi connectivity index (χ1n) is 9.86. The van der Waals surface area contributed by atoms with Crippen LogP contribution in [-0.4, -0.2) is 58.5 Å². The normalized spacial score (nSPS) is 27.8. The van der Waals surface area contributed by atoms with Crippen LogP contribution in [-0.2, 0) is 9.59 Å². The summed E-state index contributed by atoms with van der Waals surface area (Å²) in [6.07, 6.45) is 10.2. The summed E-state index contributed by atoms with van der Waals surface area (Å²) in [4.78, 5) is 29.3. The van der Waals surface area contributed by atoms with Crippen molar-refractivity contribution in [1.29, 1.82) is 0 Å². The SMILES string of the molecule is O=C(CC1(O)CCCC1)N1CCCC(C(=O)N2CCCCCC2)C1. The van der Waals surface area contributed by atoms with Crippen molar-refractivity contribution >= 4 is 11.8 Å². The average Bonchev–Trinajstić information content (AvgIpc) is 2.85. The molecule has 2 amide bonds. The Morgan fingerprint density at radius 3 is 2.17 bits per heavy atom. The molecule has 2 saturated heterocycles. The maximum atomic E-state index is 12.8. The fourth-order valence-electron chi connectivity index (χ4n) is 4.56. The van der Waals surface area contributed by atoms with Gasteiger partial charge in [-0.3, -0.25) is 9.59 Å². The molecular formula is C19H32N2O3. The molecule has 5 nitrogen and oxygen atoms in total. The predicted octanol–water partition coefficient (Wildman–Crippen LogP) is 2.32. The van der Waals surface area contributed by atoms with E-state index in [0.29, 0.717) is 6.54 Å². The third-order valence-corrected chi connectivity index (χ3v) is 6.06. The zero-order valence-corrected chi connectivity index (χ0v) is 14.8. The summed E-state index contributed by atoms with van der Waals surface area (Å²) in [5, 5.41) is 10.5. The minimum absolute atomic E-state index is 0.0350. The number of carbonyl (C=O) groups is 2. The standard InChI is InChI=1S/C19H32N2O3/c22-17(14-19(24)9-3-4-10-19)21-13-7-8-16(15-21)18(23)20-11-5-1-2-6-12-20/h16,24H,1-15H2. The number of likely N-dealkylation sites (tertiary alicyclic amines) is 2. The zero-order chi connectivity index (χ0) is 17.0. The van der Waals surface area contributed by atoms with Crippen molar-refractivity contribution < 1.29 is 14.7 Å². The largest absolute Gasteiger partial charge is 0.389 e. The van der Waals surface area contributed by atoms with Gasteiger partial charge in [0, 0.05) is 26.2 Å². The van der Waals surface area contributed by atoms with E-state index in [1.807, 2.05) is 9.80 Å². The molecule has 3 fully saturated rings. The van der Waals surface area contributed by atoms with Crippen LogP contribution in [0.1, 0.15) is 70.6 Å². The molecule has 1 saturated carbocycles. The van der Waals surface area contributed by atoms with Gasteiger partial charge in [0.25, 0.3) is 0 Å². The molecule has 0 aromatic heterocycles. The van der Waals surface area contributed by atoms with Crippen LogP contribution in [0.25, 0.3) is 0 Å². The van der Waals surface area contributed by atoms with Gasteiger partial charge in [-0.25, -0.2) is 0 Å². The molecule has 3 rings (SSSR count). The van der Waals surface area contributed by atoms with E-state index in [1.165, 1.54) is 12.8 Å². The Balaban J connectivity index is 1.55. The fourth-order valence-corrected chi connectivity index (χ4v) is 4.56. The molecule has 2 heterocycles. The molecule has 1 unspecified atom stereocenters. The number of carbonyl (C=O) groups excluding carboxylic acids is 2. The van der Waals surface area contributed by atoms with Gasteiger partial charge in [-0.05, 0) is 38.5 Å². The molecule has 136 valence electrons. The highest BCUT2D eigenvalue weighted by Gasteiger charge is 2.37. The summed E-state index contributed by atoms with van der Waals surface area (Å²) in [6.45, 7) is 3.04. The van der Waals surface area contributed by atoms with Gasteiger partial charge >= 0.3 is 0 Å². The van der Waals surface area contributed by atoms with Crippen LogP contribution in [0, 0.1) is 5.92 Å². The van der Waals surface area contributed by atoms with Crippen LogP contribution in [0.3, 0.4) is 0 Å². The summed E-state index contributed by atoms with van der Waals surface area (Å²) in [6, 6.07) is 0. The summed E-state index contributed by atoms with van der Waals surface area (Å²) < 4.78 is 0. The van der Waals surface area contributed by atoms with Crippen molar-refractivity contribution in [3.8, 4) is 0 Å². The maximum absolute atomic E-state index is 12.8. The number of hydrogen-bond acceptors (Lipinski definition) is 3. The smallest absolute Gasteiger partial charge is 0.227 e. The molecule has 0 radical (unpaired) electrons. The van der Waals surface area contributed by atoms with E-state index in [1.54, 1.807) is 0 Å². The second-order valence-electron chi connectivity index (χ2n) is 8.03. The van der Waals surface area contributed by atoms with Gasteiger partial charge in [-0.15, -0.1) is 0 Å². The molecule has 1 atom stereocenters. The number of amides is 2. The van der Waals surface area contributed by atoms with Gasteiger partial charge in [-0.2, -0.15) is 0 Å². The Morgan fingerprint density at radius 2 is 1.50 bits per heavy atom. The summed E-state index contributed by atoms with van der Waals surface area (Å²) >= 11 is 0. The van der Waals surface area contributed by atoms with Gasteiger partial charge in [0.15, 0.2) is 0 Å². The third kappa shape index (κ3) is 4.29. The first kappa shape index (κ1) is 17.7. The second-order valence-corrected chi connectivity index (χ2v) is 8.03.